The highest BCUT2D eigenvalue weighted by Crippen LogP contribution is 2.34. The molecular weight excluding hydrogens is 346 g/mol. The number of para-hydroxylation sites is 1. The van der Waals surface area contributed by atoms with Crippen LogP contribution in [0.3, 0.4) is 0 Å². The van der Waals surface area contributed by atoms with Crippen LogP contribution in [0, 0.1) is 0 Å². The highest BCUT2D eigenvalue weighted by molar-refractivity contribution is 6.03. The Morgan fingerprint density at radius 2 is 2.04 bits per heavy atom. The molecule has 8 nitrogen and oxygen atoms in total. The first-order chi connectivity index (χ1) is 13.0. The molecule has 3 aliphatic heterocycles. The molecule has 1 aromatic carbocycles. The Hall–Kier alpha value is -2.87. The van der Waals surface area contributed by atoms with Gasteiger partial charge in [-0.2, -0.15) is 5.10 Å². The van der Waals surface area contributed by atoms with Gasteiger partial charge in [0.15, 0.2) is 5.69 Å². The summed E-state index contributed by atoms with van der Waals surface area (Å²) in [4.78, 5) is 27.1. The van der Waals surface area contributed by atoms with E-state index < -0.39 is 5.66 Å². The number of nitrogens with zero attached hydrogens (tertiary/aromatic N) is 2. The molecule has 8 heteroatoms. The molecule has 4 heterocycles. The van der Waals surface area contributed by atoms with Gasteiger partial charge in [0.1, 0.15) is 5.66 Å². The fourth-order valence-corrected chi connectivity index (χ4v) is 4.27. The Bertz CT molecular complexity index is 947. The zero-order chi connectivity index (χ0) is 18.8. The Morgan fingerprint density at radius 3 is 2.85 bits per heavy atom. The van der Waals surface area contributed by atoms with Gasteiger partial charge in [0.2, 0.25) is 0 Å². The number of ether oxygens (including phenoxy) is 1. The van der Waals surface area contributed by atoms with Crippen molar-refractivity contribution in [1.29, 1.82) is 0 Å². The van der Waals surface area contributed by atoms with Gasteiger partial charge < -0.3 is 20.3 Å². The second-order valence-corrected chi connectivity index (χ2v) is 7.63. The van der Waals surface area contributed by atoms with Gasteiger partial charge in [-0.25, -0.2) is 0 Å². The zero-order valence-corrected chi connectivity index (χ0v) is 15.2. The molecule has 1 saturated heterocycles. The number of nitrogens with one attached hydrogen (secondary N) is 3. The Kier molecular flexibility index (Phi) is 3.36. The van der Waals surface area contributed by atoms with E-state index in [1.165, 1.54) is 0 Å². The largest absolute Gasteiger partial charge is 0.369 e. The SMILES string of the molecule is C[C@@H]1Cc2c(C(=O)N3CC4(C3)NC(=O)c3ccccc3N4)n[nH]c2[C@H](C)O1. The summed E-state index contributed by atoms with van der Waals surface area (Å²) >= 11 is 0. The van der Waals surface area contributed by atoms with Crippen molar-refractivity contribution >= 4 is 17.5 Å². The summed E-state index contributed by atoms with van der Waals surface area (Å²) in [5, 5.41) is 13.6. The minimum Gasteiger partial charge on any atom is -0.369 e. The Morgan fingerprint density at radius 1 is 1.26 bits per heavy atom. The fraction of sp³-hybridized carbons (Fsp3) is 0.421. The number of aromatic nitrogens is 2. The monoisotopic (exact) mass is 367 g/mol. The number of H-pyrrole nitrogens is 1. The van der Waals surface area contributed by atoms with Crippen LogP contribution in [0.1, 0.15) is 52.1 Å². The number of hydrogen-bond donors (Lipinski definition) is 3. The molecule has 1 fully saturated rings. The Balaban J connectivity index is 1.35. The summed E-state index contributed by atoms with van der Waals surface area (Å²) in [6, 6.07) is 7.39. The van der Waals surface area contributed by atoms with Crippen molar-refractivity contribution in [3.63, 3.8) is 0 Å². The van der Waals surface area contributed by atoms with E-state index in [4.69, 9.17) is 4.74 Å². The molecule has 140 valence electrons. The molecule has 1 spiro atoms. The summed E-state index contributed by atoms with van der Waals surface area (Å²) in [7, 11) is 0. The lowest BCUT2D eigenvalue weighted by Crippen LogP contribution is -2.76. The molecule has 2 amide bonds. The third-order valence-electron chi connectivity index (χ3n) is 5.54. The van der Waals surface area contributed by atoms with Crippen LogP contribution in [0.15, 0.2) is 24.3 Å². The summed E-state index contributed by atoms with van der Waals surface area (Å²) < 4.78 is 5.79. The maximum Gasteiger partial charge on any atom is 0.274 e. The molecule has 27 heavy (non-hydrogen) atoms. The van der Waals surface area contributed by atoms with Crippen molar-refractivity contribution in [2.45, 2.75) is 38.1 Å². The summed E-state index contributed by atoms with van der Waals surface area (Å²) in [5.74, 6) is -0.234. The number of rotatable bonds is 1. The van der Waals surface area contributed by atoms with Gasteiger partial charge in [0, 0.05) is 17.7 Å². The molecule has 2 aromatic rings. The summed E-state index contributed by atoms with van der Waals surface area (Å²) in [5.41, 5.74) is 3.09. The van der Waals surface area contributed by atoms with E-state index in [1.54, 1.807) is 11.0 Å². The first-order valence-corrected chi connectivity index (χ1v) is 9.17. The number of benzene rings is 1. The molecule has 3 N–H and O–H groups in total. The molecule has 3 aliphatic rings. The molecule has 5 rings (SSSR count). The van der Waals surface area contributed by atoms with Crippen molar-refractivity contribution in [3.05, 3.63) is 46.8 Å². The molecular formula is C19H21N5O3. The van der Waals surface area contributed by atoms with Crippen LogP contribution >= 0.6 is 0 Å². The molecule has 0 saturated carbocycles. The van der Waals surface area contributed by atoms with Crippen molar-refractivity contribution in [2.75, 3.05) is 18.4 Å². The molecule has 0 radical (unpaired) electrons. The first kappa shape index (κ1) is 16.3. The van der Waals surface area contributed by atoms with Gasteiger partial charge in [-0.05, 0) is 26.0 Å². The predicted octanol–water partition coefficient (Wildman–Crippen LogP) is 1.44. The maximum atomic E-state index is 13.0. The number of hydrogen-bond acceptors (Lipinski definition) is 5. The molecule has 0 bridgehead atoms. The highest BCUT2D eigenvalue weighted by Gasteiger charge is 2.50. The van der Waals surface area contributed by atoms with Gasteiger partial charge >= 0.3 is 0 Å². The van der Waals surface area contributed by atoms with E-state index in [0.29, 0.717) is 30.8 Å². The zero-order valence-electron chi connectivity index (χ0n) is 15.2. The van der Waals surface area contributed by atoms with Crippen LogP contribution < -0.4 is 10.6 Å². The fourth-order valence-electron chi connectivity index (χ4n) is 4.27. The quantitative estimate of drug-likeness (QED) is 0.708. The average Bonchev–Trinajstić information content (AvgIpc) is 3.03. The van der Waals surface area contributed by atoms with Gasteiger partial charge in [0.25, 0.3) is 11.8 Å². The van der Waals surface area contributed by atoms with E-state index in [1.807, 2.05) is 32.0 Å². The number of amides is 2. The average molecular weight is 367 g/mol. The van der Waals surface area contributed by atoms with E-state index in [9.17, 15) is 9.59 Å². The van der Waals surface area contributed by atoms with Crippen LogP contribution in [-0.4, -0.2) is 51.8 Å². The first-order valence-electron chi connectivity index (χ1n) is 9.17. The van der Waals surface area contributed by atoms with Crippen LogP contribution in [0.4, 0.5) is 5.69 Å². The lowest BCUT2D eigenvalue weighted by atomic mass is 9.93. The molecule has 2 atom stereocenters. The highest BCUT2D eigenvalue weighted by atomic mass is 16.5. The number of likely N-dealkylation sites (tertiary alicyclic amines) is 1. The van der Waals surface area contributed by atoms with Gasteiger partial charge in [-0.15, -0.1) is 0 Å². The third-order valence-corrected chi connectivity index (χ3v) is 5.54. The minimum atomic E-state index is -0.610. The second-order valence-electron chi connectivity index (χ2n) is 7.63. The smallest absolute Gasteiger partial charge is 0.274 e. The van der Waals surface area contributed by atoms with Crippen molar-refractivity contribution in [2.24, 2.45) is 0 Å². The van der Waals surface area contributed by atoms with Crippen LogP contribution in [0.5, 0.6) is 0 Å². The second kappa shape index (κ2) is 5.56. The standard InChI is InChI=1S/C19H21N5O3/c1-10-7-13-15(11(2)27-10)22-23-16(13)18(26)24-8-19(9-24)20-14-6-4-3-5-12(14)17(25)21-19/h3-6,10-11,20H,7-9H2,1-2H3,(H,21,25)(H,22,23)/t10-,11+/m1/s1. The van der Waals surface area contributed by atoms with E-state index in [2.05, 4.69) is 20.8 Å². The lowest BCUT2D eigenvalue weighted by Gasteiger charge is -2.52. The van der Waals surface area contributed by atoms with E-state index in [0.717, 1.165) is 16.9 Å². The summed E-state index contributed by atoms with van der Waals surface area (Å²) in [6.45, 7) is 4.75. The topological polar surface area (TPSA) is 99.4 Å². The van der Waals surface area contributed by atoms with Crippen molar-refractivity contribution in [1.82, 2.24) is 20.4 Å². The van der Waals surface area contributed by atoms with Gasteiger partial charge in [0.05, 0.1) is 36.6 Å². The number of aromatic amines is 1. The summed E-state index contributed by atoms with van der Waals surface area (Å²) in [6.07, 6.45) is 0.616. The van der Waals surface area contributed by atoms with Crippen molar-refractivity contribution < 1.29 is 14.3 Å². The number of carbonyl (C=O) groups excluding carboxylic acids is 2. The van der Waals surface area contributed by atoms with E-state index >= 15 is 0 Å². The van der Waals surface area contributed by atoms with Crippen LogP contribution in [-0.2, 0) is 11.2 Å². The number of anilines is 1. The number of fused-ring (bicyclic) bond motifs is 2. The predicted molar refractivity (Wildman–Crippen MR) is 97.4 cm³/mol. The maximum absolute atomic E-state index is 13.0. The normalized spacial score (nSPS) is 25.1. The van der Waals surface area contributed by atoms with Gasteiger partial charge in [-0.3, -0.25) is 14.7 Å². The van der Waals surface area contributed by atoms with E-state index in [-0.39, 0.29) is 24.0 Å². The van der Waals surface area contributed by atoms with Crippen LogP contribution in [0.25, 0.3) is 0 Å². The number of carbonyl (C=O) groups is 2. The third kappa shape index (κ3) is 2.43. The molecule has 1 aromatic heterocycles. The van der Waals surface area contributed by atoms with Crippen LogP contribution in [0.2, 0.25) is 0 Å². The Labute approximate surface area is 156 Å². The molecule has 0 aliphatic carbocycles. The minimum absolute atomic E-state index is 0.0511. The lowest BCUT2D eigenvalue weighted by molar-refractivity contribution is -0.00716. The molecule has 0 unspecified atom stereocenters. The van der Waals surface area contributed by atoms with Gasteiger partial charge in [-0.1, -0.05) is 12.1 Å². The van der Waals surface area contributed by atoms with Crippen molar-refractivity contribution in [3.8, 4) is 0 Å².